The molecule has 2 N–H and O–H groups in total. The van der Waals surface area contributed by atoms with Gasteiger partial charge in [0.1, 0.15) is 11.5 Å². The number of hydrogen-bond donors (Lipinski definition) is 2. The van der Waals surface area contributed by atoms with E-state index < -0.39 is 6.10 Å². The second-order valence-electron chi connectivity index (χ2n) is 6.61. The highest BCUT2D eigenvalue weighted by Crippen LogP contribution is 2.34. The van der Waals surface area contributed by atoms with Crippen molar-refractivity contribution >= 4 is 5.91 Å². The van der Waals surface area contributed by atoms with E-state index in [-0.39, 0.29) is 12.7 Å². The number of amides is 1. The van der Waals surface area contributed by atoms with Crippen molar-refractivity contribution in [3.8, 4) is 23.0 Å². The number of fused-ring (bicyclic) bond motifs is 1. The zero-order chi connectivity index (χ0) is 20.1. The maximum atomic E-state index is 12.3. The molecule has 0 radical (unpaired) electrons. The number of para-hydroxylation sites is 1. The van der Waals surface area contributed by atoms with Crippen LogP contribution in [0.25, 0.3) is 0 Å². The molecule has 1 aliphatic rings. The summed E-state index contributed by atoms with van der Waals surface area (Å²) in [6, 6.07) is 21.7. The summed E-state index contributed by atoms with van der Waals surface area (Å²) >= 11 is 0. The predicted molar refractivity (Wildman–Crippen MR) is 107 cm³/mol. The second kappa shape index (κ2) is 8.67. The summed E-state index contributed by atoms with van der Waals surface area (Å²) in [7, 11) is 0. The third kappa shape index (κ3) is 4.67. The van der Waals surface area contributed by atoms with Gasteiger partial charge in [-0.15, -0.1) is 0 Å². The summed E-state index contributed by atoms with van der Waals surface area (Å²) in [5.41, 5.74) is 1.26. The molecule has 1 aliphatic heterocycles. The van der Waals surface area contributed by atoms with Crippen LogP contribution in [-0.4, -0.2) is 24.4 Å². The van der Waals surface area contributed by atoms with Crippen molar-refractivity contribution in [3.05, 3.63) is 83.9 Å². The molecule has 1 unspecified atom stereocenters. The molecule has 4 rings (SSSR count). The highest BCUT2D eigenvalue weighted by Gasteiger charge is 2.16. The molecule has 0 fully saturated rings. The smallest absolute Gasteiger partial charge is 0.251 e. The van der Waals surface area contributed by atoms with Crippen molar-refractivity contribution in [3.63, 3.8) is 0 Å². The van der Waals surface area contributed by atoms with Gasteiger partial charge in [-0.3, -0.25) is 4.79 Å². The van der Waals surface area contributed by atoms with Gasteiger partial charge in [0, 0.05) is 12.1 Å². The molecule has 29 heavy (non-hydrogen) atoms. The highest BCUT2D eigenvalue weighted by atomic mass is 16.7. The van der Waals surface area contributed by atoms with Gasteiger partial charge in [0.15, 0.2) is 11.5 Å². The average molecular weight is 391 g/mol. The molecule has 0 aliphatic carbocycles. The Morgan fingerprint density at radius 2 is 1.69 bits per heavy atom. The maximum absolute atomic E-state index is 12.3. The van der Waals surface area contributed by atoms with Crippen molar-refractivity contribution < 1.29 is 24.1 Å². The summed E-state index contributed by atoms with van der Waals surface area (Å²) in [5.74, 6) is 2.50. The predicted octanol–water partition coefficient (Wildman–Crippen LogP) is 4.06. The molecule has 0 bridgehead atoms. The Kier molecular flexibility index (Phi) is 5.63. The minimum atomic E-state index is -0.702. The topological polar surface area (TPSA) is 77.0 Å². The number of rotatable bonds is 7. The molecule has 0 spiro atoms. The van der Waals surface area contributed by atoms with E-state index in [2.05, 4.69) is 5.32 Å². The Labute approximate surface area is 168 Å². The summed E-state index contributed by atoms with van der Waals surface area (Å²) < 4.78 is 16.3. The summed E-state index contributed by atoms with van der Waals surface area (Å²) in [6.45, 7) is 0.539. The third-order valence-electron chi connectivity index (χ3n) is 4.58. The number of aliphatic hydroxyl groups excluding tert-OH is 1. The molecule has 0 aromatic heterocycles. The monoisotopic (exact) mass is 391 g/mol. The van der Waals surface area contributed by atoms with Crippen molar-refractivity contribution in [1.29, 1.82) is 0 Å². The largest absolute Gasteiger partial charge is 0.457 e. The lowest BCUT2D eigenvalue weighted by Crippen LogP contribution is -2.25. The molecule has 6 nitrogen and oxygen atoms in total. The number of ether oxygens (including phenoxy) is 3. The number of aliphatic hydroxyl groups is 1. The van der Waals surface area contributed by atoms with Gasteiger partial charge in [0.05, 0.1) is 6.10 Å². The molecule has 148 valence electrons. The van der Waals surface area contributed by atoms with E-state index >= 15 is 0 Å². The Morgan fingerprint density at radius 1 is 0.966 bits per heavy atom. The van der Waals surface area contributed by atoms with Crippen molar-refractivity contribution in [2.75, 3.05) is 13.3 Å². The SMILES string of the molecule is O=C(NCCC(O)c1ccc2c(c1)OCO2)c1ccc(Oc2ccccc2)cc1. The van der Waals surface area contributed by atoms with E-state index in [4.69, 9.17) is 14.2 Å². The first-order chi connectivity index (χ1) is 14.2. The van der Waals surface area contributed by atoms with Crippen LogP contribution in [0.4, 0.5) is 0 Å². The molecule has 1 heterocycles. The minimum Gasteiger partial charge on any atom is -0.457 e. The van der Waals surface area contributed by atoms with Gasteiger partial charge in [-0.1, -0.05) is 24.3 Å². The third-order valence-corrected chi connectivity index (χ3v) is 4.58. The van der Waals surface area contributed by atoms with E-state index in [1.807, 2.05) is 30.3 Å². The van der Waals surface area contributed by atoms with E-state index in [9.17, 15) is 9.90 Å². The molecular weight excluding hydrogens is 370 g/mol. The lowest BCUT2D eigenvalue weighted by molar-refractivity contribution is 0.0942. The van der Waals surface area contributed by atoms with Crippen LogP contribution in [0.5, 0.6) is 23.0 Å². The first-order valence-corrected chi connectivity index (χ1v) is 9.38. The average Bonchev–Trinajstić information content (AvgIpc) is 3.23. The van der Waals surface area contributed by atoms with Gasteiger partial charge in [-0.05, 0) is 60.5 Å². The summed E-state index contributed by atoms with van der Waals surface area (Å²) in [4.78, 5) is 12.3. The standard InChI is InChI=1S/C23H21NO5/c25-20(17-8-11-21-22(14-17)28-15-27-21)12-13-24-23(26)16-6-9-19(10-7-16)29-18-4-2-1-3-5-18/h1-11,14,20,25H,12-13,15H2,(H,24,26). The zero-order valence-corrected chi connectivity index (χ0v) is 15.7. The number of benzene rings is 3. The minimum absolute atomic E-state index is 0.195. The van der Waals surface area contributed by atoms with Crippen LogP contribution >= 0.6 is 0 Å². The van der Waals surface area contributed by atoms with E-state index in [0.29, 0.717) is 35.8 Å². The van der Waals surface area contributed by atoms with E-state index in [0.717, 1.165) is 11.3 Å². The van der Waals surface area contributed by atoms with Gasteiger partial charge in [-0.25, -0.2) is 0 Å². The Balaban J connectivity index is 1.27. The van der Waals surface area contributed by atoms with Crippen LogP contribution in [0.2, 0.25) is 0 Å². The molecule has 3 aromatic carbocycles. The lowest BCUT2D eigenvalue weighted by Gasteiger charge is -2.12. The lowest BCUT2D eigenvalue weighted by atomic mass is 10.1. The Bertz CT molecular complexity index is 972. The highest BCUT2D eigenvalue weighted by molar-refractivity contribution is 5.94. The second-order valence-corrected chi connectivity index (χ2v) is 6.61. The van der Waals surface area contributed by atoms with Gasteiger partial charge < -0.3 is 24.6 Å². The Morgan fingerprint density at radius 3 is 2.48 bits per heavy atom. The molecule has 0 saturated heterocycles. The molecule has 1 amide bonds. The van der Waals surface area contributed by atoms with Crippen LogP contribution in [0.1, 0.15) is 28.4 Å². The van der Waals surface area contributed by atoms with Crippen LogP contribution in [0, 0.1) is 0 Å². The number of carbonyl (C=O) groups is 1. The van der Waals surface area contributed by atoms with Crippen LogP contribution in [0.15, 0.2) is 72.8 Å². The fourth-order valence-electron chi connectivity index (χ4n) is 3.01. The van der Waals surface area contributed by atoms with Crippen molar-refractivity contribution in [1.82, 2.24) is 5.32 Å². The molecular formula is C23H21NO5. The Hall–Kier alpha value is -3.51. The fraction of sp³-hybridized carbons (Fsp3) is 0.174. The number of carbonyl (C=O) groups excluding carboxylic acids is 1. The molecule has 0 saturated carbocycles. The van der Waals surface area contributed by atoms with Gasteiger partial charge >= 0.3 is 0 Å². The van der Waals surface area contributed by atoms with Gasteiger partial charge in [0.25, 0.3) is 5.91 Å². The maximum Gasteiger partial charge on any atom is 0.251 e. The van der Waals surface area contributed by atoms with Crippen LogP contribution in [-0.2, 0) is 0 Å². The van der Waals surface area contributed by atoms with E-state index in [1.165, 1.54) is 0 Å². The molecule has 6 heteroatoms. The normalized spacial score (nSPS) is 13.0. The van der Waals surface area contributed by atoms with E-state index in [1.54, 1.807) is 42.5 Å². The first-order valence-electron chi connectivity index (χ1n) is 9.38. The van der Waals surface area contributed by atoms with Gasteiger partial charge in [0.2, 0.25) is 6.79 Å². The molecule has 1 atom stereocenters. The van der Waals surface area contributed by atoms with Crippen LogP contribution < -0.4 is 19.5 Å². The van der Waals surface area contributed by atoms with Crippen LogP contribution in [0.3, 0.4) is 0 Å². The molecule has 3 aromatic rings. The van der Waals surface area contributed by atoms with Gasteiger partial charge in [-0.2, -0.15) is 0 Å². The van der Waals surface area contributed by atoms with Crippen molar-refractivity contribution in [2.24, 2.45) is 0 Å². The zero-order valence-electron chi connectivity index (χ0n) is 15.7. The summed E-state index contributed by atoms with van der Waals surface area (Å²) in [5, 5.41) is 13.2. The number of nitrogens with one attached hydrogen (secondary N) is 1. The first kappa shape index (κ1) is 18.8. The number of hydrogen-bond acceptors (Lipinski definition) is 5. The quantitative estimate of drug-likeness (QED) is 0.635. The van der Waals surface area contributed by atoms with Crippen molar-refractivity contribution in [2.45, 2.75) is 12.5 Å². The summed E-state index contributed by atoms with van der Waals surface area (Å²) in [6.07, 6.45) is -0.313. The fourth-order valence-corrected chi connectivity index (χ4v) is 3.01.